The van der Waals surface area contributed by atoms with Gasteiger partial charge in [0.2, 0.25) is 0 Å². The van der Waals surface area contributed by atoms with Gasteiger partial charge in [-0.25, -0.2) is 4.79 Å². The smallest absolute Gasteiger partial charge is 0.407 e. The van der Waals surface area contributed by atoms with E-state index < -0.39 is 16.9 Å². The summed E-state index contributed by atoms with van der Waals surface area (Å²) in [5, 5.41) is 2.09. The summed E-state index contributed by atoms with van der Waals surface area (Å²) < 4.78 is 10.2. The van der Waals surface area contributed by atoms with Crippen molar-refractivity contribution in [1.29, 1.82) is 0 Å². The van der Waals surface area contributed by atoms with Gasteiger partial charge in [-0.1, -0.05) is 12.1 Å². The van der Waals surface area contributed by atoms with Crippen LogP contribution in [0.15, 0.2) is 24.3 Å². The fourth-order valence-corrected chi connectivity index (χ4v) is 1.39. The number of halogens is 1. The highest BCUT2D eigenvalue weighted by Gasteiger charge is 2.15. The van der Waals surface area contributed by atoms with E-state index in [9.17, 15) is 9.59 Å². The quantitative estimate of drug-likeness (QED) is 0.849. The molecule has 6 heteroatoms. The second kappa shape index (κ2) is 7.14. The maximum Gasteiger partial charge on any atom is 0.407 e. The summed E-state index contributed by atoms with van der Waals surface area (Å²) in [4.78, 5) is 22.0. The number of carbonyl (C=O) groups excluding carboxylic acids is 2. The van der Waals surface area contributed by atoms with Crippen LogP contribution in [-0.2, 0) is 16.1 Å². The van der Waals surface area contributed by atoms with Gasteiger partial charge in [-0.2, -0.15) is 0 Å². The summed E-state index contributed by atoms with van der Waals surface area (Å²) in [7, 11) is 0. The fraction of sp³-hybridized carbons (Fsp3) is 0.429. The van der Waals surface area contributed by atoms with Crippen LogP contribution in [0, 0.1) is 0 Å². The normalized spacial score (nSPS) is 10.8. The molecule has 110 valence electrons. The number of hydrogen-bond donors (Lipinski definition) is 1. The molecule has 1 N–H and O–H groups in total. The Balaban J connectivity index is 2.42. The van der Waals surface area contributed by atoms with E-state index in [0.29, 0.717) is 12.3 Å². The van der Waals surface area contributed by atoms with Gasteiger partial charge < -0.3 is 14.8 Å². The van der Waals surface area contributed by atoms with Gasteiger partial charge in [0.05, 0.1) is 0 Å². The Morgan fingerprint density at radius 1 is 1.20 bits per heavy atom. The molecule has 1 aromatic carbocycles. The third kappa shape index (κ3) is 6.99. The number of rotatable bonds is 5. The summed E-state index contributed by atoms with van der Waals surface area (Å²) in [6, 6.07) is 6.97. The van der Waals surface area contributed by atoms with Crippen LogP contribution in [0.3, 0.4) is 0 Å². The van der Waals surface area contributed by atoms with Crippen molar-refractivity contribution in [1.82, 2.24) is 5.32 Å². The molecule has 0 bridgehead atoms. The van der Waals surface area contributed by atoms with Gasteiger partial charge >= 0.3 is 6.09 Å². The molecule has 0 aliphatic heterocycles. The Morgan fingerprint density at radius 2 is 1.80 bits per heavy atom. The first-order chi connectivity index (χ1) is 9.26. The highest BCUT2D eigenvalue weighted by atomic mass is 35.5. The van der Waals surface area contributed by atoms with Crippen molar-refractivity contribution in [2.45, 2.75) is 32.9 Å². The van der Waals surface area contributed by atoms with Crippen LogP contribution in [0.5, 0.6) is 5.75 Å². The van der Waals surface area contributed by atoms with Crippen LogP contribution in [0.4, 0.5) is 4.79 Å². The lowest BCUT2D eigenvalue weighted by atomic mass is 10.2. The minimum absolute atomic E-state index is 0.170. The predicted molar refractivity (Wildman–Crippen MR) is 75.9 cm³/mol. The SMILES string of the molecule is CC(C)(C)OC(=O)NCc1ccc(OCC(=O)Cl)cc1. The van der Waals surface area contributed by atoms with E-state index in [2.05, 4.69) is 5.32 Å². The van der Waals surface area contributed by atoms with Crippen LogP contribution in [0.25, 0.3) is 0 Å². The van der Waals surface area contributed by atoms with Crippen molar-refractivity contribution < 1.29 is 19.1 Å². The monoisotopic (exact) mass is 299 g/mol. The second-order valence-electron chi connectivity index (χ2n) is 5.14. The zero-order valence-corrected chi connectivity index (χ0v) is 12.5. The van der Waals surface area contributed by atoms with Crippen molar-refractivity contribution in [2.24, 2.45) is 0 Å². The molecule has 0 atom stereocenters. The molecule has 1 amide bonds. The van der Waals surface area contributed by atoms with Gasteiger partial charge in [-0.05, 0) is 50.1 Å². The molecule has 0 saturated heterocycles. The topological polar surface area (TPSA) is 64.6 Å². The maximum atomic E-state index is 11.5. The average Bonchev–Trinajstić information content (AvgIpc) is 2.33. The molecular weight excluding hydrogens is 282 g/mol. The Hall–Kier alpha value is -1.75. The van der Waals surface area contributed by atoms with Crippen molar-refractivity contribution in [3.8, 4) is 5.75 Å². The van der Waals surface area contributed by atoms with Crippen molar-refractivity contribution in [2.75, 3.05) is 6.61 Å². The van der Waals surface area contributed by atoms with E-state index in [4.69, 9.17) is 21.1 Å². The lowest BCUT2D eigenvalue weighted by molar-refractivity contribution is -0.113. The first-order valence-electron chi connectivity index (χ1n) is 6.13. The number of amides is 1. The van der Waals surface area contributed by atoms with Crippen LogP contribution in [0.1, 0.15) is 26.3 Å². The Morgan fingerprint density at radius 3 is 2.30 bits per heavy atom. The van der Waals surface area contributed by atoms with Crippen LogP contribution < -0.4 is 10.1 Å². The number of hydrogen-bond acceptors (Lipinski definition) is 4. The molecule has 1 rings (SSSR count). The Bertz CT molecular complexity index is 465. The van der Waals surface area contributed by atoms with E-state index in [0.717, 1.165) is 5.56 Å². The van der Waals surface area contributed by atoms with Gasteiger partial charge in [0.15, 0.2) is 6.61 Å². The second-order valence-corrected chi connectivity index (χ2v) is 5.56. The Labute approximate surface area is 123 Å². The molecule has 5 nitrogen and oxygen atoms in total. The number of alkyl carbamates (subject to hydrolysis) is 1. The molecule has 0 fully saturated rings. The van der Waals surface area contributed by atoms with Gasteiger partial charge in [0.25, 0.3) is 5.24 Å². The first kappa shape index (κ1) is 16.3. The van der Waals surface area contributed by atoms with E-state index in [1.54, 1.807) is 45.0 Å². The molecule has 1 aromatic rings. The Kier molecular flexibility index (Phi) is 5.82. The largest absolute Gasteiger partial charge is 0.484 e. The summed E-state index contributed by atoms with van der Waals surface area (Å²) in [6.45, 7) is 5.59. The molecule has 0 radical (unpaired) electrons. The lowest BCUT2D eigenvalue weighted by Gasteiger charge is -2.19. The van der Waals surface area contributed by atoms with Crippen molar-refractivity contribution in [3.63, 3.8) is 0 Å². The third-order valence-corrected chi connectivity index (χ3v) is 2.22. The van der Waals surface area contributed by atoms with Gasteiger partial charge in [-0.3, -0.25) is 4.79 Å². The third-order valence-electron chi connectivity index (χ3n) is 2.11. The molecule has 0 aliphatic rings. The summed E-state index contributed by atoms with van der Waals surface area (Å²) >= 11 is 5.17. The predicted octanol–water partition coefficient (Wildman–Crippen LogP) is 2.86. The van der Waals surface area contributed by atoms with Gasteiger partial charge in [0.1, 0.15) is 11.4 Å². The maximum absolute atomic E-state index is 11.5. The van der Waals surface area contributed by atoms with Crippen LogP contribution >= 0.6 is 11.6 Å². The number of carbonyl (C=O) groups is 2. The molecule has 0 aliphatic carbocycles. The molecule has 0 heterocycles. The van der Waals surface area contributed by atoms with E-state index in [-0.39, 0.29) is 6.61 Å². The minimum atomic E-state index is -0.555. The highest BCUT2D eigenvalue weighted by Crippen LogP contribution is 2.12. The lowest BCUT2D eigenvalue weighted by Crippen LogP contribution is -2.32. The fourth-order valence-electron chi connectivity index (χ4n) is 1.33. The highest BCUT2D eigenvalue weighted by molar-refractivity contribution is 6.63. The first-order valence-corrected chi connectivity index (χ1v) is 6.51. The average molecular weight is 300 g/mol. The number of ether oxygens (including phenoxy) is 2. The summed E-state index contributed by atoms with van der Waals surface area (Å²) in [5.41, 5.74) is 0.371. The van der Waals surface area contributed by atoms with Crippen LogP contribution in [0.2, 0.25) is 0 Å². The molecule has 0 unspecified atom stereocenters. The van der Waals surface area contributed by atoms with Gasteiger partial charge in [0, 0.05) is 6.54 Å². The zero-order chi connectivity index (χ0) is 15.2. The van der Waals surface area contributed by atoms with Crippen molar-refractivity contribution >= 4 is 22.9 Å². The molecule has 0 spiro atoms. The molecule has 0 saturated carbocycles. The van der Waals surface area contributed by atoms with E-state index >= 15 is 0 Å². The minimum Gasteiger partial charge on any atom is -0.484 e. The standard InChI is InChI=1S/C14H18ClNO4/c1-14(2,3)20-13(18)16-8-10-4-6-11(7-5-10)19-9-12(15)17/h4-7H,8-9H2,1-3H3,(H,16,18). The summed E-state index contributed by atoms with van der Waals surface area (Å²) in [5.74, 6) is 0.542. The zero-order valence-electron chi connectivity index (χ0n) is 11.7. The molecule has 20 heavy (non-hydrogen) atoms. The van der Waals surface area contributed by atoms with Gasteiger partial charge in [-0.15, -0.1) is 0 Å². The molecular formula is C14H18ClNO4. The van der Waals surface area contributed by atoms with E-state index in [1.807, 2.05) is 0 Å². The number of nitrogens with one attached hydrogen (secondary N) is 1. The number of benzene rings is 1. The molecule has 0 aromatic heterocycles. The summed E-state index contributed by atoms with van der Waals surface area (Å²) in [6.07, 6.45) is -0.467. The van der Waals surface area contributed by atoms with Crippen LogP contribution in [-0.4, -0.2) is 23.5 Å². The van der Waals surface area contributed by atoms with E-state index in [1.165, 1.54) is 0 Å². The van der Waals surface area contributed by atoms with Crippen molar-refractivity contribution in [3.05, 3.63) is 29.8 Å².